The Bertz CT molecular complexity index is 924. The molecule has 116 valence electrons. The molecule has 4 aliphatic rings. The molecule has 1 aliphatic heterocycles. The summed E-state index contributed by atoms with van der Waals surface area (Å²) in [6, 6.07) is 17.3. The van der Waals surface area contributed by atoms with Crippen molar-refractivity contribution in [3.05, 3.63) is 71.8 Å². The van der Waals surface area contributed by atoms with Crippen molar-refractivity contribution in [3.8, 4) is 11.1 Å². The lowest BCUT2D eigenvalue weighted by Crippen LogP contribution is -2.37. The summed E-state index contributed by atoms with van der Waals surface area (Å²) in [5, 5.41) is 0. The standard InChI is InChI=1S/C21H16N2O/c24-21-18-12-9-10-13(11-12)19(18)23(22-21)20-16-7-3-1-5-14(16)15-6-2-4-8-17(15)20/h1-10,12-13,18-19H,11H2/p+1/t12-,13+,18+,19-/m1/s1. The van der Waals surface area contributed by atoms with E-state index in [2.05, 4.69) is 70.8 Å². The van der Waals surface area contributed by atoms with Gasteiger partial charge in [-0.15, -0.1) is 10.1 Å². The number of rotatable bonds is 0. The minimum Gasteiger partial charge on any atom is -0.269 e. The van der Waals surface area contributed by atoms with Crippen LogP contribution in [0.1, 0.15) is 17.5 Å². The molecule has 0 radical (unpaired) electrons. The zero-order chi connectivity index (χ0) is 15.8. The van der Waals surface area contributed by atoms with E-state index >= 15 is 0 Å². The summed E-state index contributed by atoms with van der Waals surface area (Å²) in [5.74, 6) is 1.18. The van der Waals surface area contributed by atoms with Crippen molar-refractivity contribution in [2.75, 3.05) is 0 Å². The highest BCUT2D eigenvalue weighted by Gasteiger charge is 2.61. The lowest BCUT2D eigenvalue weighted by atomic mass is 9.89. The van der Waals surface area contributed by atoms with E-state index in [0.717, 1.165) is 6.42 Å². The van der Waals surface area contributed by atoms with Gasteiger partial charge in [0, 0.05) is 5.92 Å². The number of fused-ring (bicyclic) bond motifs is 8. The van der Waals surface area contributed by atoms with E-state index in [4.69, 9.17) is 0 Å². The Kier molecular flexibility index (Phi) is 2.24. The lowest BCUT2D eigenvalue weighted by Gasteiger charge is -2.13. The van der Waals surface area contributed by atoms with Gasteiger partial charge in [-0.25, -0.2) is 0 Å². The van der Waals surface area contributed by atoms with E-state index in [-0.39, 0.29) is 17.9 Å². The molecule has 3 aliphatic carbocycles. The monoisotopic (exact) mass is 313 g/mol. The number of allylic oxidation sites excluding steroid dienone is 1. The molecule has 3 heteroatoms. The van der Waals surface area contributed by atoms with Gasteiger partial charge >= 0.3 is 0 Å². The van der Waals surface area contributed by atoms with E-state index in [1.165, 1.54) is 28.0 Å². The molecule has 0 unspecified atom stereocenters. The molecular formula is C21H17N2O+. The zero-order valence-electron chi connectivity index (χ0n) is 13.1. The van der Waals surface area contributed by atoms with Crippen LogP contribution in [0, 0.1) is 17.8 Å². The van der Waals surface area contributed by atoms with Gasteiger partial charge < -0.3 is 0 Å². The van der Waals surface area contributed by atoms with Crippen molar-refractivity contribution in [1.82, 2.24) is 5.43 Å². The number of carbonyl (C=O) groups is 1. The highest BCUT2D eigenvalue weighted by molar-refractivity contribution is 6.22. The summed E-state index contributed by atoms with van der Waals surface area (Å²) in [6.45, 7) is 0. The van der Waals surface area contributed by atoms with Crippen LogP contribution < -0.4 is 5.43 Å². The first-order chi connectivity index (χ1) is 11.8. The van der Waals surface area contributed by atoms with Crippen molar-refractivity contribution >= 4 is 11.6 Å². The molecule has 24 heavy (non-hydrogen) atoms. The lowest BCUT2D eigenvalue weighted by molar-refractivity contribution is -0.599. The largest absolute Gasteiger partial charge is 0.284 e. The molecule has 4 atom stereocenters. The second-order valence-electron chi connectivity index (χ2n) is 7.25. The number of hydrazone groups is 1. The van der Waals surface area contributed by atoms with Gasteiger partial charge in [-0.1, -0.05) is 48.6 Å². The molecule has 0 aromatic heterocycles. The minimum atomic E-state index is 0.104. The fourth-order valence-corrected chi connectivity index (χ4v) is 5.22. The normalized spacial score (nSPS) is 31.2. The van der Waals surface area contributed by atoms with Crippen LogP contribution in [0.3, 0.4) is 0 Å². The topological polar surface area (TPSA) is 32.1 Å². The third-order valence-electron chi connectivity index (χ3n) is 6.14. The van der Waals surface area contributed by atoms with Crippen LogP contribution in [0.4, 0.5) is 0 Å². The van der Waals surface area contributed by atoms with E-state index < -0.39 is 0 Å². The predicted molar refractivity (Wildman–Crippen MR) is 91.5 cm³/mol. The van der Waals surface area contributed by atoms with Crippen LogP contribution in [0.5, 0.6) is 0 Å². The van der Waals surface area contributed by atoms with Gasteiger partial charge in [0.05, 0.1) is 11.1 Å². The van der Waals surface area contributed by atoms with Crippen LogP contribution in [0.2, 0.25) is 0 Å². The van der Waals surface area contributed by atoms with Crippen molar-refractivity contribution in [2.45, 2.75) is 12.5 Å². The molecule has 2 fully saturated rings. The highest BCUT2D eigenvalue weighted by atomic mass is 16.2. The average Bonchev–Trinajstić information content (AvgIpc) is 3.35. The van der Waals surface area contributed by atoms with Crippen LogP contribution in [0.25, 0.3) is 11.1 Å². The fourth-order valence-electron chi connectivity index (χ4n) is 5.22. The molecule has 2 bridgehead atoms. The molecule has 1 saturated carbocycles. The van der Waals surface area contributed by atoms with Gasteiger partial charge in [0.1, 0.15) is 5.92 Å². The van der Waals surface area contributed by atoms with Gasteiger partial charge in [-0.2, -0.15) is 0 Å². The number of benzene rings is 2. The fraction of sp³-hybridized carbons (Fsp3) is 0.238. The number of carbonyl (C=O) groups excluding carboxylic acids is 1. The molecule has 6 rings (SSSR count). The molecule has 3 nitrogen and oxygen atoms in total. The number of amides is 1. The Morgan fingerprint density at radius 1 is 0.833 bits per heavy atom. The van der Waals surface area contributed by atoms with Crippen LogP contribution in [-0.2, 0) is 4.79 Å². The van der Waals surface area contributed by atoms with Crippen molar-refractivity contribution < 1.29 is 9.48 Å². The number of hydrogen-bond donors (Lipinski definition) is 1. The third kappa shape index (κ3) is 1.39. The molecule has 2 aromatic carbocycles. The number of hydrogen-bond acceptors (Lipinski definition) is 1. The van der Waals surface area contributed by atoms with E-state index in [1.54, 1.807) is 0 Å². The minimum absolute atomic E-state index is 0.104. The van der Waals surface area contributed by atoms with Crippen molar-refractivity contribution in [1.29, 1.82) is 0 Å². The summed E-state index contributed by atoms with van der Waals surface area (Å²) in [7, 11) is 0. The first kappa shape index (κ1) is 12.7. The molecule has 1 saturated heterocycles. The maximum atomic E-state index is 12.6. The Morgan fingerprint density at radius 2 is 1.42 bits per heavy atom. The molecular weight excluding hydrogens is 296 g/mol. The maximum Gasteiger partial charge on any atom is 0.284 e. The first-order valence-electron chi connectivity index (χ1n) is 8.67. The summed E-state index contributed by atoms with van der Waals surface area (Å²) < 4.78 is 2.19. The van der Waals surface area contributed by atoms with Gasteiger partial charge in [0.15, 0.2) is 0 Å². The zero-order valence-corrected chi connectivity index (χ0v) is 13.1. The smallest absolute Gasteiger partial charge is 0.269 e. The summed E-state index contributed by atoms with van der Waals surface area (Å²) in [5.41, 5.74) is 9.35. The summed E-state index contributed by atoms with van der Waals surface area (Å²) >= 11 is 0. The van der Waals surface area contributed by atoms with Gasteiger partial charge in [-0.3, -0.25) is 4.79 Å². The van der Waals surface area contributed by atoms with E-state index in [0.29, 0.717) is 11.8 Å². The Balaban J connectivity index is 1.66. The maximum absolute atomic E-state index is 12.6. The van der Waals surface area contributed by atoms with Crippen molar-refractivity contribution in [3.63, 3.8) is 0 Å². The van der Waals surface area contributed by atoms with Crippen LogP contribution >= 0.6 is 0 Å². The summed E-state index contributed by atoms with van der Waals surface area (Å²) in [4.78, 5) is 12.6. The second kappa shape index (κ2) is 4.23. The molecule has 1 amide bonds. The molecule has 1 heterocycles. The van der Waals surface area contributed by atoms with Gasteiger partial charge in [0.2, 0.25) is 11.8 Å². The van der Waals surface area contributed by atoms with Crippen LogP contribution in [-0.4, -0.2) is 22.3 Å². The highest BCUT2D eigenvalue weighted by Crippen LogP contribution is 2.48. The summed E-state index contributed by atoms with van der Waals surface area (Å²) in [6.07, 6.45) is 5.68. The first-order valence-corrected chi connectivity index (χ1v) is 8.67. The number of nitrogens with one attached hydrogen (secondary N) is 1. The predicted octanol–water partition coefficient (Wildman–Crippen LogP) is 2.75. The van der Waals surface area contributed by atoms with E-state index in [9.17, 15) is 4.79 Å². The van der Waals surface area contributed by atoms with Gasteiger partial charge in [-0.05, 0) is 35.6 Å². The molecule has 0 spiro atoms. The Morgan fingerprint density at radius 3 is 2.08 bits per heavy atom. The molecule has 2 aromatic rings. The SMILES string of the molecule is O=C1N[N+](=C2c3ccccc3-c3ccccc32)[C@H]2[C@@H]1[C@@H]1C=C[C@H]2C1. The Hall–Kier alpha value is -2.68. The molecule has 1 N–H and O–H groups in total. The van der Waals surface area contributed by atoms with Gasteiger partial charge in [0.25, 0.3) is 5.91 Å². The second-order valence-corrected chi connectivity index (χ2v) is 7.25. The van der Waals surface area contributed by atoms with Crippen LogP contribution in [0.15, 0.2) is 60.7 Å². The number of nitrogens with zero attached hydrogens (tertiary/aromatic N) is 1. The Labute approximate surface area is 140 Å². The van der Waals surface area contributed by atoms with Crippen molar-refractivity contribution in [2.24, 2.45) is 17.8 Å². The van der Waals surface area contributed by atoms with E-state index in [1.807, 2.05) is 0 Å². The third-order valence-corrected chi connectivity index (χ3v) is 6.14. The average molecular weight is 313 g/mol. The number of hydrazine groups is 1. The quantitative estimate of drug-likeness (QED) is 0.502.